The highest BCUT2D eigenvalue weighted by Gasteiger charge is 2.00. The molecule has 0 N–H and O–H groups in total. The topological polar surface area (TPSA) is 0 Å². The van der Waals surface area contributed by atoms with Crippen molar-refractivity contribution in [1.82, 2.24) is 0 Å². The van der Waals surface area contributed by atoms with Crippen LogP contribution in [0.4, 0.5) is 0 Å². The molecule has 0 aliphatic rings. The molecular weight excluding hydrogens is 750 g/mol. The Labute approximate surface area is 181 Å². The molecule has 0 aliphatic heterocycles. The lowest BCUT2D eigenvalue weighted by Gasteiger charge is -1.98. The Kier molecular flexibility index (Phi) is 12.1. The first-order chi connectivity index (χ1) is 8.40. The van der Waals surface area contributed by atoms with E-state index >= 15 is 0 Å². The molecule has 0 nitrogen and oxygen atoms in total. The normalized spacial score (nSPS) is 9.16. The number of hydrogen-bond acceptors (Lipinski definition) is 0. The standard InChI is InChI=1S/C6H2Br2I2.C6H4Br2.H2S/c7-3-1-5(9)4(8)2-6(3)10;7-5-1-2-6(8)4-3-5;/h1-2H;1-4H;1H2. The second-order valence-corrected chi connectivity index (χ2v) is 8.98. The van der Waals surface area contributed by atoms with Crippen LogP contribution in [-0.2, 0) is 0 Å². The molecular formula is C12H8Br4I2S. The minimum atomic E-state index is 0. The molecule has 0 fully saturated rings. The van der Waals surface area contributed by atoms with Gasteiger partial charge in [0.05, 0.1) is 0 Å². The van der Waals surface area contributed by atoms with Crippen molar-refractivity contribution in [2.75, 3.05) is 0 Å². The summed E-state index contributed by atoms with van der Waals surface area (Å²) in [7, 11) is 0. The van der Waals surface area contributed by atoms with Gasteiger partial charge in [-0.1, -0.05) is 31.9 Å². The van der Waals surface area contributed by atoms with Gasteiger partial charge in [-0.2, -0.15) is 13.5 Å². The molecule has 0 aliphatic carbocycles. The molecule has 0 heterocycles. The van der Waals surface area contributed by atoms with E-state index in [0.717, 1.165) is 17.9 Å². The summed E-state index contributed by atoms with van der Waals surface area (Å²) in [4.78, 5) is 0. The zero-order chi connectivity index (χ0) is 13.7. The second-order valence-electron chi connectivity index (χ2n) is 3.12. The van der Waals surface area contributed by atoms with Gasteiger partial charge in [0, 0.05) is 25.0 Å². The van der Waals surface area contributed by atoms with E-state index in [1.165, 1.54) is 7.14 Å². The van der Waals surface area contributed by atoms with Gasteiger partial charge in [0.15, 0.2) is 0 Å². The van der Waals surface area contributed by atoms with Crippen LogP contribution in [0, 0.1) is 7.14 Å². The van der Waals surface area contributed by atoms with Gasteiger partial charge in [-0.05, 0) is 113 Å². The Balaban J connectivity index is 0.000000331. The summed E-state index contributed by atoms with van der Waals surface area (Å²) in [5.74, 6) is 0. The number of hydrogen-bond donors (Lipinski definition) is 0. The first kappa shape index (κ1) is 21.2. The molecule has 7 heteroatoms. The number of benzene rings is 2. The fraction of sp³-hybridized carbons (Fsp3) is 0. The quantitative estimate of drug-likeness (QED) is 0.191. The number of halogens is 6. The molecule has 0 aromatic heterocycles. The van der Waals surface area contributed by atoms with Crippen molar-refractivity contribution in [3.63, 3.8) is 0 Å². The Morgan fingerprint density at radius 1 is 0.632 bits per heavy atom. The Bertz CT molecular complexity index is 461. The minimum Gasteiger partial charge on any atom is -0.197 e. The van der Waals surface area contributed by atoms with Crippen molar-refractivity contribution in [2.45, 2.75) is 0 Å². The Hall–Kier alpha value is 2.17. The lowest BCUT2D eigenvalue weighted by Crippen LogP contribution is -1.78. The van der Waals surface area contributed by atoms with Crippen LogP contribution in [0.2, 0.25) is 0 Å². The zero-order valence-corrected chi connectivity index (χ0v) is 20.9. The molecule has 0 unspecified atom stereocenters. The van der Waals surface area contributed by atoms with Crippen LogP contribution in [0.15, 0.2) is 54.3 Å². The predicted molar refractivity (Wildman–Crippen MR) is 119 cm³/mol. The van der Waals surface area contributed by atoms with Crippen LogP contribution in [0.1, 0.15) is 0 Å². The highest BCUT2D eigenvalue weighted by Crippen LogP contribution is 2.27. The molecule has 2 aromatic rings. The summed E-state index contributed by atoms with van der Waals surface area (Å²) in [5.41, 5.74) is 0. The lowest BCUT2D eigenvalue weighted by molar-refractivity contribution is 1.50. The molecule has 0 amide bonds. The molecule has 2 aromatic carbocycles. The van der Waals surface area contributed by atoms with Gasteiger partial charge in [-0.3, -0.25) is 0 Å². The lowest BCUT2D eigenvalue weighted by atomic mass is 10.4. The summed E-state index contributed by atoms with van der Waals surface area (Å²) < 4.78 is 6.98. The average molecular weight is 758 g/mol. The maximum Gasteiger partial charge on any atom is 0.0320 e. The van der Waals surface area contributed by atoms with Crippen molar-refractivity contribution in [2.24, 2.45) is 0 Å². The van der Waals surface area contributed by atoms with E-state index in [1.54, 1.807) is 0 Å². The summed E-state index contributed by atoms with van der Waals surface area (Å²) in [6, 6.07) is 12.1. The van der Waals surface area contributed by atoms with Crippen molar-refractivity contribution >= 4 is 122 Å². The van der Waals surface area contributed by atoms with Gasteiger partial charge in [-0.15, -0.1) is 0 Å². The molecule has 0 radical (unpaired) electrons. The predicted octanol–water partition coefficient (Wildman–Crippen LogP) is 7.75. The highest BCUT2D eigenvalue weighted by atomic mass is 127. The van der Waals surface area contributed by atoms with E-state index in [2.05, 4.69) is 121 Å². The van der Waals surface area contributed by atoms with Crippen LogP contribution >= 0.6 is 122 Å². The molecule has 104 valence electrons. The van der Waals surface area contributed by atoms with Crippen molar-refractivity contribution in [3.8, 4) is 0 Å². The fourth-order valence-electron chi connectivity index (χ4n) is 0.928. The molecule has 0 atom stereocenters. The van der Waals surface area contributed by atoms with E-state index < -0.39 is 0 Å². The first-order valence-corrected chi connectivity index (χ1v) is 9.94. The number of rotatable bonds is 0. The van der Waals surface area contributed by atoms with E-state index in [4.69, 9.17) is 0 Å². The molecule has 0 saturated carbocycles. The van der Waals surface area contributed by atoms with Gasteiger partial charge in [0.25, 0.3) is 0 Å². The van der Waals surface area contributed by atoms with E-state index in [-0.39, 0.29) is 13.5 Å². The van der Waals surface area contributed by atoms with Gasteiger partial charge < -0.3 is 0 Å². The van der Waals surface area contributed by atoms with Crippen LogP contribution in [0.25, 0.3) is 0 Å². The fourth-order valence-corrected chi connectivity index (χ4v) is 3.93. The largest absolute Gasteiger partial charge is 0.197 e. The summed E-state index contributed by atoms with van der Waals surface area (Å²) in [5, 5.41) is 0. The average Bonchev–Trinajstić information content (AvgIpc) is 2.31. The van der Waals surface area contributed by atoms with Crippen LogP contribution in [0.3, 0.4) is 0 Å². The van der Waals surface area contributed by atoms with Crippen molar-refractivity contribution in [1.29, 1.82) is 0 Å². The molecule has 0 saturated heterocycles. The third-order valence-electron chi connectivity index (χ3n) is 1.77. The summed E-state index contributed by atoms with van der Waals surface area (Å²) >= 11 is 18.1. The van der Waals surface area contributed by atoms with E-state index in [1.807, 2.05) is 24.3 Å². The first-order valence-electron chi connectivity index (χ1n) is 4.61. The van der Waals surface area contributed by atoms with Gasteiger partial charge >= 0.3 is 0 Å². The molecule has 0 bridgehead atoms. The smallest absolute Gasteiger partial charge is 0.0320 e. The van der Waals surface area contributed by atoms with E-state index in [9.17, 15) is 0 Å². The highest BCUT2D eigenvalue weighted by molar-refractivity contribution is 14.1. The molecule has 2 rings (SSSR count). The van der Waals surface area contributed by atoms with Crippen molar-refractivity contribution < 1.29 is 0 Å². The maximum atomic E-state index is 3.45. The third-order valence-corrected chi connectivity index (χ3v) is 7.40. The van der Waals surface area contributed by atoms with Gasteiger partial charge in [0.2, 0.25) is 0 Å². The Morgan fingerprint density at radius 2 is 0.895 bits per heavy atom. The maximum absolute atomic E-state index is 3.45. The SMILES string of the molecule is Brc1cc(I)c(Br)cc1I.Brc1ccc(Br)cc1.S. The zero-order valence-electron chi connectivity index (χ0n) is 9.23. The summed E-state index contributed by atoms with van der Waals surface area (Å²) in [6.07, 6.45) is 0. The molecule has 19 heavy (non-hydrogen) atoms. The van der Waals surface area contributed by atoms with Gasteiger partial charge in [0.1, 0.15) is 0 Å². The summed E-state index contributed by atoms with van der Waals surface area (Å²) in [6.45, 7) is 0. The minimum absolute atomic E-state index is 0. The van der Waals surface area contributed by atoms with Crippen LogP contribution in [0.5, 0.6) is 0 Å². The van der Waals surface area contributed by atoms with Crippen LogP contribution < -0.4 is 0 Å². The second kappa shape index (κ2) is 10.8. The molecule has 0 spiro atoms. The third kappa shape index (κ3) is 8.39. The monoisotopic (exact) mass is 754 g/mol. The Morgan fingerprint density at radius 3 is 1.16 bits per heavy atom. The van der Waals surface area contributed by atoms with E-state index in [0.29, 0.717) is 0 Å². The van der Waals surface area contributed by atoms with Crippen molar-refractivity contribution in [3.05, 3.63) is 61.4 Å². The van der Waals surface area contributed by atoms with Crippen LogP contribution in [-0.4, -0.2) is 0 Å². The van der Waals surface area contributed by atoms with Gasteiger partial charge in [-0.25, -0.2) is 0 Å².